The monoisotopic (exact) mass is 249 g/mol. The van der Waals surface area contributed by atoms with Gasteiger partial charge in [-0.1, -0.05) is 6.42 Å². The topological polar surface area (TPSA) is 29.9 Å². The predicted octanol–water partition coefficient (Wildman–Crippen LogP) is 2.98. The van der Waals surface area contributed by atoms with Gasteiger partial charge in [-0.3, -0.25) is 4.68 Å². The minimum absolute atomic E-state index is 0.698. The molecular weight excluding hydrogens is 222 g/mol. The molecule has 2 atom stereocenters. The molecule has 1 fully saturated rings. The van der Waals surface area contributed by atoms with Gasteiger partial charge in [0.05, 0.1) is 5.69 Å². The third-order valence-electron chi connectivity index (χ3n) is 4.28. The van der Waals surface area contributed by atoms with Gasteiger partial charge in [0.25, 0.3) is 0 Å². The molecule has 0 amide bonds. The normalized spacial score (nSPS) is 24.4. The van der Waals surface area contributed by atoms with Crippen LogP contribution >= 0.6 is 0 Å². The van der Waals surface area contributed by atoms with Crippen LogP contribution in [0.15, 0.2) is 0 Å². The molecule has 102 valence electrons. The molecule has 3 heteroatoms. The van der Waals surface area contributed by atoms with E-state index in [2.05, 4.69) is 42.8 Å². The van der Waals surface area contributed by atoms with Crippen molar-refractivity contribution in [1.82, 2.24) is 15.1 Å². The Balaban J connectivity index is 1.95. The average Bonchev–Trinajstić information content (AvgIpc) is 2.62. The van der Waals surface area contributed by atoms with Crippen LogP contribution < -0.4 is 5.32 Å². The van der Waals surface area contributed by atoms with Crippen molar-refractivity contribution >= 4 is 0 Å². The predicted molar refractivity (Wildman–Crippen MR) is 75.9 cm³/mol. The fraction of sp³-hybridized carbons (Fsp3) is 0.800. The van der Waals surface area contributed by atoms with Gasteiger partial charge in [-0.15, -0.1) is 0 Å². The molecule has 1 N–H and O–H groups in total. The second kappa shape index (κ2) is 5.87. The van der Waals surface area contributed by atoms with E-state index in [1.165, 1.54) is 49.1 Å². The molecule has 2 heterocycles. The fourth-order valence-electron chi connectivity index (χ4n) is 3.19. The number of nitrogens with one attached hydrogen (secondary N) is 1. The summed E-state index contributed by atoms with van der Waals surface area (Å²) in [4.78, 5) is 0. The molecule has 2 unspecified atom stereocenters. The number of rotatable bonds is 4. The summed E-state index contributed by atoms with van der Waals surface area (Å²) in [7, 11) is 0. The lowest BCUT2D eigenvalue weighted by atomic mass is 9.94. The van der Waals surface area contributed by atoms with E-state index >= 15 is 0 Å². The van der Waals surface area contributed by atoms with Gasteiger partial charge in [-0.25, -0.2) is 0 Å². The van der Waals surface area contributed by atoms with Crippen LogP contribution in [0.2, 0.25) is 0 Å². The van der Waals surface area contributed by atoms with E-state index in [0.29, 0.717) is 12.1 Å². The first kappa shape index (κ1) is 13.6. The highest BCUT2D eigenvalue weighted by Crippen LogP contribution is 2.20. The first-order valence-corrected chi connectivity index (χ1v) is 7.40. The van der Waals surface area contributed by atoms with E-state index in [0.717, 1.165) is 6.54 Å². The Morgan fingerprint density at radius 3 is 2.72 bits per heavy atom. The molecule has 2 rings (SSSR count). The second-order valence-electron chi connectivity index (χ2n) is 5.70. The van der Waals surface area contributed by atoms with Crippen LogP contribution in [0.4, 0.5) is 0 Å². The number of aromatic nitrogens is 2. The van der Waals surface area contributed by atoms with Gasteiger partial charge in [0.2, 0.25) is 0 Å². The lowest BCUT2D eigenvalue weighted by Crippen LogP contribution is -2.40. The highest BCUT2D eigenvalue weighted by molar-refractivity contribution is 5.24. The molecular formula is C15H27N3. The summed E-state index contributed by atoms with van der Waals surface area (Å²) in [6.45, 7) is 9.79. The van der Waals surface area contributed by atoms with Gasteiger partial charge in [-0.2, -0.15) is 5.10 Å². The minimum Gasteiger partial charge on any atom is -0.311 e. The lowest BCUT2D eigenvalue weighted by Gasteiger charge is -2.28. The lowest BCUT2D eigenvalue weighted by molar-refractivity contribution is 0.322. The van der Waals surface area contributed by atoms with Gasteiger partial charge in [-0.05, 0) is 58.9 Å². The number of hydrogen-bond donors (Lipinski definition) is 1. The fourth-order valence-corrected chi connectivity index (χ4v) is 3.19. The van der Waals surface area contributed by atoms with Crippen molar-refractivity contribution in [2.45, 2.75) is 78.4 Å². The van der Waals surface area contributed by atoms with Crippen LogP contribution in [0.5, 0.6) is 0 Å². The summed E-state index contributed by atoms with van der Waals surface area (Å²) in [5, 5.41) is 8.32. The van der Waals surface area contributed by atoms with Crippen LogP contribution in [-0.4, -0.2) is 21.9 Å². The molecule has 1 aliphatic heterocycles. The summed E-state index contributed by atoms with van der Waals surface area (Å²) in [5.74, 6) is 0. The maximum atomic E-state index is 4.60. The molecule has 0 saturated carbocycles. The van der Waals surface area contributed by atoms with E-state index in [9.17, 15) is 0 Å². The zero-order valence-electron chi connectivity index (χ0n) is 12.3. The number of hydrogen-bond acceptors (Lipinski definition) is 2. The first-order chi connectivity index (χ1) is 8.61. The zero-order chi connectivity index (χ0) is 13.1. The summed E-state index contributed by atoms with van der Waals surface area (Å²) in [5.41, 5.74) is 4.05. The van der Waals surface area contributed by atoms with Crippen molar-refractivity contribution in [1.29, 1.82) is 0 Å². The zero-order valence-corrected chi connectivity index (χ0v) is 12.3. The third kappa shape index (κ3) is 2.94. The average molecular weight is 249 g/mol. The standard InChI is InChI=1S/C15H27N3/c1-5-18-13(4)15(12(3)17-18)10-9-14-8-6-7-11(2)16-14/h11,14,16H,5-10H2,1-4H3. The minimum atomic E-state index is 0.698. The SMILES string of the molecule is CCn1nc(C)c(CCC2CCCC(C)N2)c1C. The quantitative estimate of drug-likeness (QED) is 0.889. The molecule has 0 spiro atoms. The van der Waals surface area contributed by atoms with E-state index in [-0.39, 0.29) is 0 Å². The van der Waals surface area contributed by atoms with Crippen LogP contribution in [0, 0.1) is 13.8 Å². The van der Waals surface area contributed by atoms with E-state index in [1.54, 1.807) is 0 Å². The van der Waals surface area contributed by atoms with E-state index in [4.69, 9.17) is 0 Å². The number of aryl methyl sites for hydroxylation is 2. The smallest absolute Gasteiger partial charge is 0.0628 e. The van der Waals surface area contributed by atoms with Crippen molar-refractivity contribution in [2.24, 2.45) is 0 Å². The Morgan fingerprint density at radius 2 is 2.11 bits per heavy atom. The summed E-state index contributed by atoms with van der Waals surface area (Å²) < 4.78 is 2.13. The van der Waals surface area contributed by atoms with Crippen LogP contribution in [0.1, 0.15) is 56.5 Å². The summed E-state index contributed by atoms with van der Waals surface area (Å²) in [6.07, 6.45) is 6.47. The first-order valence-electron chi connectivity index (χ1n) is 7.40. The van der Waals surface area contributed by atoms with Crippen molar-refractivity contribution < 1.29 is 0 Å². The van der Waals surface area contributed by atoms with Crippen molar-refractivity contribution in [3.05, 3.63) is 17.0 Å². The Labute approximate surface area is 111 Å². The molecule has 0 aromatic carbocycles. The Bertz CT molecular complexity index is 395. The van der Waals surface area contributed by atoms with Gasteiger partial charge in [0.15, 0.2) is 0 Å². The molecule has 0 aliphatic carbocycles. The molecule has 0 radical (unpaired) electrons. The van der Waals surface area contributed by atoms with Crippen LogP contribution in [-0.2, 0) is 13.0 Å². The molecule has 1 aromatic rings. The highest BCUT2D eigenvalue weighted by atomic mass is 15.3. The Kier molecular flexibility index (Phi) is 4.44. The molecule has 18 heavy (non-hydrogen) atoms. The van der Waals surface area contributed by atoms with E-state index < -0.39 is 0 Å². The maximum absolute atomic E-state index is 4.60. The number of piperidine rings is 1. The Hall–Kier alpha value is -0.830. The van der Waals surface area contributed by atoms with Crippen molar-refractivity contribution in [3.63, 3.8) is 0 Å². The van der Waals surface area contributed by atoms with Crippen molar-refractivity contribution in [3.8, 4) is 0 Å². The maximum Gasteiger partial charge on any atom is 0.0628 e. The molecule has 1 saturated heterocycles. The summed E-state index contributed by atoms with van der Waals surface area (Å²) in [6, 6.07) is 1.40. The van der Waals surface area contributed by atoms with Gasteiger partial charge < -0.3 is 5.32 Å². The van der Waals surface area contributed by atoms with Gasteiger partial charge >= 0.3 is 0 Å². The largest absolute Gasteiger partial charge is 0.311 e. The Morgan fingerprint density at radius 1 is 1.33 bits per heavy atom. The molecule has 1 aliphatic rings. The van der Waals surface area contributed by atoms with Gasteiger partial charge in [0.1, 0.15) is 0 Å². The highest BCUT2D eigenvalue weighted by Gasteiger charge is 2.19. The molecule has 1 aromatic heterocycles. The molecule has 3 nitrogen and oxygen atoms in total. The summed E-state index contributed by atoms with van der Waals surface area (Å²) >= 11 is 0. The van der Waals surface area contributed by atoms with E-state index in [1.807, 2.05) is 0 Å². The van der Waals surface area contributed by atoms with Crippen molar-refractivity contribution in [2.75, 3.05) is 0 Å². The number of nitrogens with zero attached hydrogens (tertiary/aromatic N) is 2. The van der Waals surface area contributed by atoms with Crippen LogP contribution in [0.3, 0.4) is 0 Å². The van der Waals surface area contributed by atoms with Crippen LogP contribution in [0.25, 0.3) is 0 Å². The van der Waals surface area contributed by atoms with Gasteiger partial charge in [0, 0.05) is 24.3 Å². The second-order valence-corrected chi connectivity index (χ2v) is 5.70. The molecule has 0 bridgehead atoms. The third-order valence-corrected chi connectivity index (χ3v) is 4.28.